The molecule has 1 N–H and O–H groups in total. The Morgan fingerprint density at radius 1 is 1.39 bits per heavy atom. The van der Waals surface area contributed by atoms with Crippen molar-refractivity contribution < 1.29 is 4.74 Å². The van der Waals surface area contributed by atoms with Crippen molar-refractivity contribution in [2.24, 2.45) is 5.92 Å². The van der Waals surface area contributed by atoms with Gasteiger partial charge in [0.1, 0.15) is 0 Å². The molecule has 0 saturated heterocycles. The number of methoxy groups -OCH3 is 1. The summed E-state index contributed by atoms with van der Waals surface area (Å²) in [6, 6.07) is 0. The molecule has 0 fully saturated rings. The SMILES string of the molecule is CCc1nc(CCCOC)sc1CNCC(C)C. The van der Waals surface area contributed by atoms with Gasteiger partial charge in [0.05, 0.1) is 10.7 Å². The average Bonchev–Trinajstić information content (AvgIpc) is 2.71. The van der Waals surface area contributed by atoms with Crippen LogP contribution in [0.25, 0.3) is 0 Å². The number of aryl methyl sites for hydroxylation is 2. The second kappa shape index (κ2) is 8.62. The first kappa shape index (κ1) is 15.6. The third-order valence-electron chi connectivity index (χ3n) is 2.73. The number of nitrogens with zero attached hydrogens (tertiary/aromatic N) is 1. The zero-order valence-electron chi connectivity index (χ0n) is 12.1. The predicted molar refractivity (Wildman–Crippen MR) is 78.2 cm³/mol. The topological polar surface area (TPSA) is 34.1 Å². The highest BCUT2D eigenvalue weighted by atomic mass is 32.1. The molecule has 0 aliphatic rings. The van der Waals surface area contributed by atoms with Crippen LogP contribution in [0.4, 0.5) is 0 Å². The Bertz CT molecular complexity index is 337. The average molecular weight is 270 g/mol. The lowest BCUT2D eigenvalue weighted by atomic mass is 10.2. The van der Waals surface area contributed by atoms with Crippen LogP contribution in [-0.4, -0.2) is 25.2 Å². The summed E-state index contributed by atoms with van der Waals surface area (Å²) >= 11 is 1.86. The van der Waals surface area contributed by atoms with Gasteiger partial charge in [0.25, 0.3) is 0 Å². The van der Waals surface area contributed by atoms with Gasteiger partial charge in [0, 0.05) is 31.6 Å². The van der Waals surface area contributed by atoms with E-state index >= 15 is 0 Å². The van der Waals surface area contributed by atoms with Crippen LogP contribution in [0.1, 0.15) is 42.8 Å². The molecule has 104 valence electrons. The van der Waals surface area contributed by atoms with Crippen LogP contribution >= 0.6 is 11.3 Å². The lowest BCUT2D eigenvalue weighted by molar-refractivity contribution is 0.195. The second-order valence-corrected chi connectivity index (χ2v) is 6.12. The van der Waals surface area contributed by atoms with Crippen LogP contribution in [-0.2, 0) is 24.1 Å². The zero-order valence-corrected chi connectivity index (χ0v) is 12.9. The number of ether oxygens (including phenoxy) is 1. The molecule has 0 amide bonds. The zero-order chi connectivity index (χ0) is 13.4. The van der Waals surface area contributed by atoms with Gasteiger partial charge in [-0.2, -0.15) is 0 Å². The molecule has 1 rings (SSSR count). The highest BCUT2D eigenvalue weighted by molar-refractivity contribution is 7.11. The van der Waals surface area contributed by atoms with Crippen LogP contribution in [0, 0.1) is 5.92 Å². The van der Waals surface area contributed by atoms with Gasteiger partial charge in [-0.1, -0.05) is 20.8 Å². The van der Waals surface area contributed by atoms with Gasteiger partial charge in [-0.25, -0.2) is 4.98 Å². The minimum Gasteiger partial charge on any atom is -0.385 e. The van der Waals surface area contributed by atoms with Crippen LogP contribution in [0.15, 0.2) is 0 Å². The minimum absolute atomic E-state index is 0.698. The Labute approximate surface area is 115 Å². The lowest BCUT2D eigenvalue weighted by Crippen LogP contribution is -2.18. The van der Waals surface area contributed by atoms with E-state index in [1.54, 1.807) is 7.11 Å². The van der Waals surface area contributed by atoms with Crippen molar-refractivity contribution in [2.75, 3.05) is 20.3 Å². The van der Waals surface area contributed by atoms with E-state index in [4.69, 9.17) is 9.72 Å². The van der Waals surface area contributed by atoms with Gasteiger partial charge < -0.3 is 10.1 Å². The van der Waals surface area contributed by atoms with Crippen LogP contribution in [0.2, 0.25) is 0 Å². The fraction of sp³-hybridized carbons (Fsp3) is 0.786. The molecule has 0 aliphatic heterocycles. The molecular formula is C14H26N2OS. The molecule has 18 heavy (non-hydrogen) atoms. The second-order valence-electron chi connectivity index (χ2n) is 4.95. The Morgan fingerprint density at radius 2 is 2.17 bits per heavy atom. The highest BCUT2D eigenvalue weighted by Gasteiger charge is 2.09. The molecule has 0 bridgehead atoms. The molecule has 1 aromatic heterocycles. The van der Waals surface area contributed by atoms with Crippen molar-refractivity contribution in [3.8, 4) is 0 Å². The molecule has 0 spiro atoms. The summed E-state index contributed by atoms with van der Waals surface area (Å²) in [6.07, 6.45) is 3.13. The fourth-order valence-electron chi connectivity index (χ4n) is 1.80. The molecule has 3 nitrogen and oxygen atoms in total. The highest BCUT2D eigenvalue weighted by Crippen LogP contribution is 2.20. The van der Waals surface area contributed by atoms with Crippen molar-refractivity contribution in [2.45, 2.75) is 46.6 Å². The molecule has 0 aliphatic carbocycles. The number of aromatic nitrogens is 1. The third kappa shape index (κ3) is 5.46. The standard InChI is InChI=1S/C14H26N2OS/c1-5-12-13(10-15-9-11(2)3)18-14(16-12)7-6-8-17-4/h11,15H,5-10H2,1-4H3. The maximum atomic E-state index is 5.08. The van der Waals surface area contributed by atoms with Crippen LogP contribution < -0.4 is 5.32 Å². The van der Waals surface area contributed by atoms with Gasteiger partial charge in [0.15, 0.2) is 0 Å². The van der Waals surface area contributed by atoms with E-state index in [2.05, 4.69) is 26.1 Å². The monoisotopic (exact) mass is 270 g/mol. The van der Waals surface area contributed by atoms with Gasteiger partial charge in [-0.3, -0.25) is 0 Å². The van der Waals surface area contributed by atoms with E-state index in [1.165, 1.54) is 15.6 Å². The van der Waals surface area contributed by atoms with Crippen molar-refractivity contribution in [1.82, 2.24) is 10.3 Å². The summed E-state index contributed by atoms with van der Waals surface area (Å²) in [4.78, 5) is 6.13. The molecule has 1 aromatic rings. The largest absolute Gasteiger partial charge is 0.385 e. The maximum Gasteiger partial charge on any atom is 0.0932 e. The van der Waals surface area contributed by atoms with Crippen LogP contribution in [0.5, 0.6) is 0 Å². The number of nitrogens with one attached hydrogen (secondary N) is 1. The molecule has 0 unspecified atom stereocenters. The number of rotatable bonds is 9. The van der Waals surface area contributed by atoms with Crippen molar-refractivity contribution >= 4 is 11.3 Å². The third-order valence-corrected chi connectivity index (χ3v) is 3.89. The summed E-state index contributed by atoms with van der Waals surface area (Å²) in [5, 5.41) is 4.76. The van der Waals surface area contributed by atoms with Crippen LogP contribution in [0.3, 0.4) is 0 Å². The quantitative estimate of drug-likeness (QED) is 0.700. The molecule has 4 heteroatoms. The first-order chi connectivity index (χ1) is 8.67. The van der Waals surface area contributed by atoms with Crippen molar-refractivity contribution in [3.63, 3.8) is 0 Å². The van der Waals surface area contributed by atoms with Gasteiger partial charge in [-0.05, 0) is 25.3 Å². The van der Waals surface area contributed by atoms with E-state index in [-0.39, 0.29) is 0 Å². The van der Waals surface area contributed by atoms with Crippen molar-refractivity contribution in [1.29, 1.82) is 0 Å². The van der Waals surface area contributed by atoms with E-state index in [0.717, 1.165) is 39.0 Å². The van der Waals surface area contributed by atoms with E-state index in [0.29, 0.717) is 5.92 Å². The summed E-state index contributed by atoms with van der Waals surface area (Å²) in [5.74, 6) is 0.698. The van der Waals surface area contributed by atoms with Crippen molar-refractivity contribution in [3.05, 3.63) is 15.6 Å². The first-order valence-corrected chi connectivity index (χ1v) is 7.66. The molecule has 0 atom stereocenters. The summed E-state index contributed by atoms with van der Waals surface area (Å²) in [5.41, 5.74) is 1.27. The molecule has 0 aromatic carbocycles. The maximum absolute atomic E-state index is 5.08. The summed E-state index contributed by atoms with van der Waals surface area (Å²) < 4.78 is 5.08. The minimum atomic E-state index is 0.698. The van der Waals surface area contributed by atoms with Gasteiger partial charge in [-0.15, -0.1) is 11.3 Å². The summed E-state index contributed by atoms with van der Waals surface area (Å²) in [7, 11) is 1.75. The molecular weight excluding hydrogens is 244 g/mol. The number of hydrogen-bond donors (Lipinski definition) is 1. The molecule has 0 saturated carbocycles. The number of thiazole rings is 1. The molecule has 1 heterocycles. The Hall–Kier alpha value is -0.450. The Morgan fingerprint density at radius 3 is 2.78 bits per heavy atom. The smallest absolute Gasteiger partial charge is 0.0932 e. The first-order valence-electron chi connectivity index (χ1n) is 6.84. The Balaban J connectivity index is 2.49. The predicted octanol–water partition coefficient (Wildman–Crippen LogP) is 3.03. The Kier molecular flexibility index (Phi) is 7.47. The van der Waals surface area contributed by atoms with E-state index < -0.39 is 0 Å². The van der Waals surface area contributed by atoms with E-state index in [9.17, 15) is 0 Å². The molecule has 0 radical (unpaired) electrons. The summed E-state index contributed by atoms with van der Waals surface area (Å²) in [6.45, 7) is 9.50. The number of hydrogen-bond acceptors (Lipinski definition) is 4. The van der Waals surface area contributed by atoms with E-state index in [1.807, 2.05) is 11.3 Å². The van der Waals surface area contributed by atoms with Gasteiger partial charge >= 0.3 is 0 Å². The fourth-order valence-corrected chi connectivity index (χ4v) is 2.97. The normalized spacial score (nSPS) is 11.4. The van der Waals surface area contributed by atoms with Gasteiger partial charge in [0.2, 0.25) is 0 Å². The lowest BCUT2D eigenvalue weighted by Gasteiger charge is -2.06.